The summed E-state index contributed by atoms with van der Waals surface area (Å²) in [5, 5.41) is 0. The zero-order valence-corrected chi connectivity index (χ0v) is 17.9. The molecule has 2 N–H and O–H groups in total. The molecular formula is C19H31F4NO3S. The Morgan fingerprint density at radius 3 is 2.29 bits per heavy atom. The minimum atomic E-state index is -4.67. The smallest absolute Gasteiger partial charge is 0.417 e. The summed E-state index contributed by atoms with van der Waals surface area (Å²) in [6.07, 6.45) is -4.11. The molecule has 28 heavy (non-hydrogen) atoms. The maximum Gasteiger partial charge on any atom is 0.417 e. The average Bonchev–Trinajstić information content (AvgIpc) is 2.61. The van der Waals surface area contributed by atoms with Crippen LogP contribution in [0.5, 0.6) is 0 Å². The lowest BCUT2D eigenvalue weighted by atomic mass is 10.2. The SMILES string of the molecule is CC.CCC.COCCCC(CSc1ccc(F)cc1C(F)(F)F)OC(N)=O. The Balaban J connectivity index is 0. The first-order valence-corrected chi connectivity index (χ1v) is 10.1. The summed E-state index contributed by atoms with van der Waals surface area (Å²) in [6, 6.07) is 2.45. The van der Waals surface area contributed by atoms with E-state index >= 15 is 0 Å². The van der Waals surface area contributed by atoms with E-state index in [9.17, 15) is 22.4 Å². The number of thioether (sulfide) groups is 1. The van der Waals surface area contributed by atoms with Gasteiger partial charge in [0.2, 0.25) is 0 Å². The standard InChI is InChI=1S/C14H17F4NO3S.C3H8.C2H6/c1-21-6-2-3-10(22-13(19)20)8-23-12-5-4-9(15)7-11(12)14(16,17)18;1-3-2;1-2/h4-5,7,10H,2-3,6,8H2,1H3,(H2,19,20);3H2,1-2H3;1-2H3. The molecule has 0 aromatic heterocycles. The minimum Gasteiger partial charge on any atom is -0.446 e. The Morgan fingerprint density at radius 1 is 1.25 bits per heavy atom. The van der Waals surface area contributed by atoms with E-state index in [4.69, 9.17) is 15.2 Å². The maximum absolute atomic E-state index is 13.0. The van der Waals surface area contributed by atoms with Crippen molar-refractivity contribution >= 4 is 17.9 Å². The van der Waals surface area contributed by atoms with E-state index in [1.807, 2.05) is 13.8 Å². The molecule has 0 fully saturated rings. The molecule has 0 aliphatic heterocycles. The minimum absolute atomic E-state index is 0.0708. The van der Waals surface area contributed by atoms with E-state index in [1.165, 1.54) is 13.5 Å². The lowest BCUT2D eigenvalue weighted by Gasteiger charge is -2.18. The van der Waals surface area contributed by atoms with Gasteiger partial charge >= 0.3 is 12.3 Å². The normalized spacial score (nSPS) is 11.5. The number of ether oxygens (including phenoxy) is 2. The number of carbonyl (C=O) groups excluding carboxylic acids is 1. The van der Waals surface area contributed by atoms with E-state index in [2.05, 4.69) is 13.8 Å². The summed E-state index contributed by atoms with van der Waals surface area (Å²) in [7, 11) is 1.51. The zero-order valence-electron chi connectivity index (χ0n) is 17.1. The number of alkyl halides is 3. The topological polar surface area (TPSA) is 61.6 Å². The van der Waals surface area contributed by atoms with Gasteiger partial charge in [0, 0.05) is 24.4 Å². The number of benzene rings is 1. The van der Waals surface area contributed by atoms with Crippen LogP contribution >= 0.6 is 11.8 Å². The monoisotopic (exact) mass is 429 g/mol. The van der Waals surface area contributed by atoms with Crippen LogP contribution < -0.4 is 5.73 Å². The molecular weight excluding hydrogens is 398 g/mol. The summed E-state index contributed by atoms with van der Waals surface area (Å²) in [6.45, 7) is 8.67. The molecule has 4 nitrogen and oxygen atoms in total. The fourth-order valence-electron chi connectivity index (χ4n) is 1.83. The van der Waals surface area contributed by atoms with Crippen LogP contribution in [-0.2, 0) is 15.7 Å². The number of hydrogen-bond acceptors (Lipinski definition) is 4. The first-order chi connectivity index (χ1) is 13.1. The Bertz CT molecular complexity index is 542. The highest BCUT2D eigenvalue weighted by atomic mass is 32.2. The summed E-state index contributed by atoms with van der Waals surface area (Å²) < 4.78 is 61.5. The largest absolute Gasteiger partial charge is 0.446 e. The third-order valence-electron chi connectivity index (χ3n) is 2.83. The highest BCUT2D eigenvalue weighted by Gasteiger charge is 2.34. The lowest BCUT2D eigenvalue weighted by molar-refractivity contribution is -0.139. The van der Waals surface area contributed by atoms with Crippen LogP contribution in [-0.4, -0.2) is 31.7 Å². The average molecular weight is 430 g/mol. The molecule has 1 aromatic rings. The summed E-state index contributed by atoms with van der Waals surface area (Å²) >= 11 is 0.830. The van der Waals surface area contributed by atoms with Gasteiger partial charge in [-0.15, -0.1) is 11.8 Å². The van der Waals surface area contributed by atoms with Crippen molar-refractivity contribution in [2.45, 2.75) is 64.1 Å². The van der Waals surface area contributed by atoms with Crippen LogP contribution in [0.2, 0.25) is 0 Å². The van der Waals surface area contributed by atoms with Crippen LogP contribution in [0.4, 0.5) is 22.4 Å². The van der Waals surface area contributed by atoms with Gasteiger partial charge in [-0.3, -0.25) is 0 Å². The number of nitrogens with two attached hydrogens (primary N) is 1. The Morgan fingerprint density at radius 2 is 1.82 bits per heavy atom. The third-order valence-corrected chi connectivity index (χ3v) is 4.03. The number of methoxy groups -OCH3 is 1. The second-order valence-corrected chi connectivity index (χ2v) is 6.41. The van der Waals surface area contributed by atoms with Gasteiger partial charge in [0.05, 0.1) is 5.56 Å². The third kappa shape index (κ3) is 13.7. The summed E-state index contributed by atoms with van der Waals surface area (Å²) in [4.78, 5) is 10.7. The van der Waals surface area contributed by atoms with E-state index in [-0.39, 0.29) is 10.6 Å². The molecule has 0 spiro atoms. The van der Waals surface area contributed by atoms with E-state index < -0.39 is 29.8 Å². The van der Waals surface area contributed by atoms with Crippen LogP contribution in [0.3, 0.4) is 0 Å². The lowest BCUT2D eigenvalue weighted by Crippen LogP contribution is -2.25. The van der Waals surface area contributed by atoms with Crippen molar-refractivity contribution in [1.29, 1.82) is 0 Å². The molecule has 1 atom stereocenters. The van der Waals surface area contributed by atoms with Gasteiger partial charge in [0.15, 0.2) is 0 Å². The van der Waals surface area contributed by atoms with E-state index in [0.29, 0.717) is 25.5 Å². The Hall–Kier alpha value is -1.48. The molecule has 1 aromatic carbocycles. The van der Waals surface area contributed by atoms with Crippen LogP contribution in [0.25, 0.3) is 0 Å². The van der Waals surface area contributed by atoms with Gasteiger partial charge in [-0.05, 0) is 31.0 Å². The van der Waals surface area contributed by atoms with Crippen molar-refractivity contribution in [2.24, 2.45) is 5.73 Å². The fourth-order valence-corrected chi connectivity index (χ4v) is 2.92. The van der Waals surface area contributed by atoms with Crippen LogP contribution in [0.1, 0.15) is 52.5 Å². The molecule has 1 amide bonds. The molecule has 0 heterocycles. The van der Waals surface area contributed by atoms with Gasteiger partial charge in [0.25, 0.3) is 0 Å². The number of primary amides is 1. The molecule has 0 radical (unpaired) electrons. The van der Waals surface area contributed by atoms with Gasteiger partial charge < -0.3 is 15.2 Å². The van der Waals surface area contributed by atoms with E-state index in [0.717, 1.165) is 23.9 Å². The summed E-state index contributed by atoms with van der Waals surface area (Å²) in [5.41, 5.74) is 3.90. The molecule has 1 unspecified atom stereocenters. The predicted octanol–water partition coefficient (Wildman–Crippen LogP) is 6.27. The second-order valence-electron chi connectivity index (χ2n) is 5.35. The molecule has 0 aliphatic rings. The number of halogens is 4. The summed E-state index contributed by atoms with van der Waals surface area (Å²) in [5.74, 6) is -0.895. The van der Waals surface area contributed by atoms with Crippen LogP contribution in [0, 0.1) is 5.82 Å². The second kappa shape index (κ2) is 16.5. The maximum atomic E-state index is 13.0. The predicted molar refractivity (Wildman–Crippen MR) is 105 cm³/mol. The van der Waals surface area contributed by atoms with Crippen molar-refractivity contribution in [2.75, 3.05) is 19.5 Å². The molecule has 164 valence electrons. The number of hydrogen-bond donors (Lipinski definition) is 1. The van der Waals surface area contributed by atoms with Crippen molar-refractivity contribution in [3.05, 3.63) is 29.6 Å². The van der Waals surface area contributed by atoms with Gasteiger partial charge in [-0.25, -0.2) is 9.18 Å². The van der Waals surface area contributed by atoms with Gasteiger partial charge in [0.1, 0.15) is 11.9 Å². The van der Waals surface area contributed by atoms with Crippen molar-refractivity contribution < 1.29 is 31.8 Å². The molecule has 0 aliphatic carbocycles. The molecule has 1 rings (SSSR count). The van der Waals surface area contributed by atoms with Gasteiger partial charge in [-0.1, -0.05) is 34.1 Å². The highest BCUT2D eigenvalue weighted by Crippen LogP contribution is 2.37. The number of rotatable bonds is 8. The number of carbonyl (C=O) groups is 1. The Labute approximate surface area is 169 Å². The Kier molecular flexibility index (Phi) is 16.9. The number of amides is 1. The van der Waals surface area contributed by atoms with E-state index in [1.54, 1.807) is 0 Å². The van der Waals surface area contributed by atoms with Crippen LogP contribution in [0.15, 0.2) is 23.1 Å². The van der Waals surface area contributed by atoms with Crippen molar-refractivity contribution in [3.8, 4) is 0 Å². The first-order valence-electron chi connectivity index (χ1n) is 9.10. The van der Waals surface area contributed by atoms with Gasteiger partial charge in [-0.2, -0.15) is 13.2 Å². The fraction of sp³-hybridized carbons (Fsp3) is 0.632. The zero-order chi connectivity index (χ0) is 22.2. The molecule has 0 saturated heterocycles. The van der Waals surface area contributed by atoms with Crippen molar-refractivity contribution in [3.63, 3.8) is 0 Å². The highest BCUT2D eigenvalue weighted by molar-refractivity contribution is 7.99. The molecule has 0 saturated carbocycles. The molecule has 0 bridgehead atoms. The van der Waals surface area contributed by atoms with Crippen molar-refractivity contribution in [1.82, 2.24) is 0 Å². The molecule has 9 heteroatoms. The first kappa shape index (κ1) is 28.7. The quantitative estimate of drug-likeness (QED) is 0.301.